The summed E-state index contributed by atoms with van der Waals surface area (Å²) < 4.78 is 5.21. The van der Waals surface area contributed by atoms with Crippen LogP contribution < -0.4 is 10.6 Å². The summed E-state index contributed by atoms with van der Waals surface area (Å²) in [6.45, 7) is 2.10. The third-order valence-electron chi connectivity index (χ3n) is 2.99. The molecule has 1 saturated heterocycles. The summed E-state index contributed by atoms with van der Waals surface area (Å²) in [4.78, 5) is 6.72. The van der Waals surface area contributed by atoms with Gasteiger partial charge in [-0.15, -0.1) is 0 Å². The van der Waals surface area contributed by atoms with Gasteiger partial charge < -0.3 is 15.2 Å². The van der Waals surface area contributed by atoms with Crippen LogP contribution in [0.5, 0.6) is 0 Å². The quantitative estimate of drug-likeness (QED) is 0.853. The molecule has 0 saturated carbocycles. The second kappa shape index (κ2) is 4.08. The molecule has 0 aliphatic carbocycles. The highest BCUT2D eigenvalue weighted by Gasteiger charge is 2.19. The zero-order valence-electron chi connectivity index (χ0n) is 9.47. The predicted molar refractivity (Wildman–Crippen MR) is 65.6 cm³/mol. The second-order valence-electron chi connectivity index (χ2n) is 4.18. The molecule has 1 aliphatic heterocycles. The van der Waals surface area contributed by atoms with Crippen molar-refractivity contribution in [1.29, 1.82) is 0 Å². The molecule has 0 radical (unpaired) electrons. The number of nitrogens with zero attached hydrogens (tertiary/aromatic N) is 3. The van der Waals surface area contributed by atoms with Crippen molar-refractivity contribution in [2.75, 3.05) is 23.7 Å². The molecule has 2 aromatic rings. The van der Waals surface area contributed by atoms with Gasteiger partial charge in [-0.05, 0) is 25.0 Å². The molecule has 0 bridgehead atoms. The van der Waals surface area contributed by atoms with Crippen molar-refractivity contribution in [2.45, 2.75) is 12.8 Å². The maximum atomic E-state index is 5.58. The Kier molecular flexibility index (Phi) is 2.44. The minimum Gasteiger partial charge on any atom is -0.381 e. The van der Waals surface area contributed by atoms with Gasteiger partial charge in [-0.2, -0.15) is 0 Å². The molecule has 0 amide bonds. The SMILES string of the molecule is Nc1cc(-c2cccnc2N2CCCC2)on1. The molecule has 3 heterocycles. The van der Waals surface area contributed by atoms with Crippen LogP contribution in [0.3, 0.4) is 0 Å². The van der Waals surface area contributed by atoms with Gasteiger partial charge in [-0.3, -0.25) is 0 Å². The van der Waals surface area contributed by atoms with E-state index in [0.29, 0.717) is 11.6 Å². The normalized spacial score (nSPS) is 15.4. The van der Waals surface area contributed by atoms with Gasteiger partial charge in [-0.25, -0.2) is 4.98 Å². The Morgan fingerprint density at radius 1 is 1.29 bits per heavy atom. The molecule has 1 aliphatic rings. The molecule has 3 rings (SSSR count). The highest BCUT2D eigenvalue weighted by atomic mass is 16.5. The lowest BCUT2D eigenvalue weighted by atomic mass is 10.2. The number of anilines is 2. The highest BCUT2D eigenvalue weighted by Crippen LogP contribution is 2.31. The van der Waals surface area contributed by atoms with E-state index in [2.05, 4.69) is 15.0 Å². The van der Waals surface area contributed by atoms with E-state index in [1.54, 1.807) is 12.3 Å². The Hall–Kier alpha value is -2.04. The molecule has 0 spiro atoms. The lowest BCUT2D eigenvalue weighted by molar-refractivity contribution is 0.435. The number of nitrogens with two attached hydrogens (primary N) is 1. The largest absolute Gasteiger partial charge is 0.381 e. The average molecular weight is 230 g/mol. The second-order valence-corrected chi connectivity index (χ2v) is 4.18. The van der Waals surface area contributed by atoms with Crippen LogP contribution in [0.25, 0.3) is 11.3 Å². The van der Waals surface area contributed by atoms with Gasteiger partial charge in [0.05, 0.1) is 5.56 Å². The van der Waals surface area contributed by atoms with Gasteiger partial charge in [0.2, 0.25) is 0 Å². The highest BCUT2D eigenvalue weighted by molar-refractivity contribution is 5.73. The number of aromatic nitrogens is 2. The number of hydrogen-bond donors (Lipinski definition) is 1. The number of rotatable bonds is 2. The molecule has 17 heavy (non-hydrogen) atoms. The van der Waals surface area contributed by atoms with Crippen molar-refractivity contribution in [2.24, 2.45) is 0 Å². The fourth-order valence-electron chi connectivity index (χ4n) is 2.19. The van der Waals surface area contributed by atoms with Crippen LogP contribution in [0.2, 0.25) is 0 Å². The van der Waals surface area contributed by atoms with Gasteiger partial charge in [0, 0.05) is 25.4 Å². The van der Waals surface area contributed by atoms with Crippen LogP contribution in [-0.4, -0.2) is 23.2 Å². The Bertz CT molecular complexity index is 517. The molecule has 1 fully saturated rings. The van der Waals surface area contributed by atoms with Crippen LogP contribution in [0, 0.1) is 0 Å². The Morgan fingerprint density at radius 2 is 2.12 bits per heavy atom. The van der Waals surface area contributed by atoms with Crippen LogP contribution in [0.4, 0.5) is 11.6 Å². The molecular formula is C12H14N4O. The molecule has 88 valence electrons. The minimum atomic E-state index is 0.399. The fraction of sp³-hybridized carbons (Fsp3) is 0.333. The van der Waals surface area contributed by atoms with Gasteiger partial charge in [0.15, 0.2) is 11.6 Å². The number of nitrogen functional groups attached to an aromatic ring is 1. The van der Waals surface area contributed by atoms with Crippen molar-refractivity contribution in [1.82, 2.24) is 10.1 Å². The van der Waals surface area contributed by atoms with Gasteiger partial charge >= 0.3 is 0 Å². The topological polar surface area (TPSA) is 68.2 Å². The zero-order chi connectivity index (χ0) is 11.7. The molecule has 0 aromatic carbocycles. The maximum absolute atomic E-state index is 5.58. The Labute approximate surface area is 99.2 Å². The van der Waals surface area contributed by atoms with Crippen LogP contribution >= 0.6 is 0 Å². The van der Waals surface area contributed by atoms with Gasteiger partial charge in [-0.1, -0.05) is 5.16 Å². The molecular weight excluding hydrogens is 216 g/mol. The predicted octanol–water partition coefficient (Wildman–Crippen LogP) is 1.92. The van der Waals surface area contributed by atoms with Crippen LogP contribution in [0.15, 0.2) is 28.9 Å². The van der Waals surface area contributed by atoms with E-state index in [0.717, 1.165) is 24.5 Å². The first kappa shape index (κ1) is 10.1. The standard InChI is InChI=1S/C12H14N4O/c13-11-8-10(17-15-11)9-4-3-5-14-12(9)16-6-1-2-7-16/h3-5,8H,1-2,6-7H2,(H2,13,15). The molecule has 0 unspecified atom stereocenters. The average Bonchev–Trinajstić information content (AvgIpc) is 3.00. The monoisotopic (exact) mass is 230 g/mol. The summed E-state index contributed by atoms with van der Waals surface area (Å²) >= 11 is 0. The van der Waals surface area contributed by atoms with Crippen LogP contribution in [-0.2, 0) is 0 Å². The minimum absolute atomic E-state index is 0.399. The van der Waals surface area contributed by atoms with Crippen LogP contribution in [0.1, 0.15) is 12.8 Å². The van der Waals surface area contributed by atoms with E-state index in [9.17, 15) is 0 Å². The van der Waals surface area contributed by atoms with Gasteiger partial charge in [0.1, 0.15) is 5.82 Å². The van der Waals surface area contributed by atoms with Gasteiger partial charge in [0.25, 0.3) is 0 Å². The molecule has 0 atom stereocenters. The summed E-state index contributed by atoms with van der Waals surface area (Å²) in [6, 6.07) is 5.62. The fourth-order valence-corrected chi connectivity index (χ4v) is 2.19. The zero-order valence-corrected chi connectivity index (χ0v) is 9.47. The van der Waals surface area contributed by atoms with E-state index in [1.807, 2.05) is 12.1 Å². The van der Waals surface area contributed by atoms with Crippen molar-refractivity contribution in [3.8, 4) is 11.3 Å². The first-order valence-electron chi connectivity index (χ1n) is 5.77. The van der Waals surface area contributed by atoms with E-state index < -0.39 is 0 Å². The van der Waals surface area contributed by atoms with Crippen molar-refractivity contribution in [3.63, 3.8) is 0 Å². The lowest BCUT2D eigenvalue weighted by Crippen LogP contribution is -2.19. The number of pyridine rings is 1. The summed E-state index contributed by atoms with van der Waals surface area (Å²) in [7, 11) is 0. The van der Waals surface area contributed by atoms with Crippen molar-refractivity contribution < 1.29 is 4.52 Å². The molecule has 5 nitrogen and oxygen atoms in total. The summed E-state index contributed by atoms with van der Waals surface area (Å²) in [5, 5.41) is 3.72. The lowest BCUT2D eigenvalue weighted by Gasteiger charge is -2.18. The van der Waals surface area contributed by atoms with E-state index in [1.165, 1.54) is 12.8 Å². The summed E-state index contributed by atoms with van der Waals surface area (Å²) in [5.74, 6) is 2.04. The summed E-state index contributed by atoms with van der Waals surface area (Å²) in [5.41, 5.74) is 6.54. The molecule has 2 N–H and O–H groups in total. The third-order valence-corrected chi connectivity index (χ3v) is 2.99. The maximum Gasteiger partial charge on any atom is 0.172 e. The number of hydrogen-bond acceptors (Lipinski definition) is 5. The van der Waals surface area contributed by atoms with Crippen molar-refractivity contribution in [3.05, 3.63) is 24.4 Å². The van der Waals surface area contributed by atoms with E-state index in [-0.39, 0.29) is 0 Å². The smallest absolute Gasteiger partial charge is 0.172 e. The molecule has 2 aromatic heterocycles. The first-order chi connectivity index (χ1) is 8.34. The third kappa shape index (κ3) is 1.84. The molecule has 5 heteroatoms. The van der Waals surface area contributed by atoms with E-state index in [4.69, 9.17) is 10.3 Å². The summed E-state index contributed by atoms with van der Waals surface area (Å²) in [6.07, 6.45) is 4.24. The Balaban J connectivity index is 2.03. The Morgan fingerprint density at radius 3 is 2.82 bits per heavy atom. The first-order valence-corrected chi connectivity index (χ1v) is 5.77. The van der Waals surface area contributed by atoms with E-state index >= 15 is 0 Å². The van der Waals surface area contributed by atoms with Crippen molar-refractivity contribution >= 4 is 11.6 Å².